The summed E-state index contributed by atoms with van der Waals surface area (Å²) in [4.78, 5) is 5.22. The second-order valence-corrected chi connectivity index (χ2v) is 28.3. The monoisotopic (exact) mass is 1040 g/mol. The summed E-state index contributed by atoms with van der Waals surface area (Å²) in [5.41, 5.74) is 27.7. The number of hydrogen-bond acceptors (Lipinski definition) is 4. The highest BCUT2D eigenvalue weighted by Crippen LogP contribution is 2.54. The first-order valence-corrected chi connectivity index (χ1v) is 29.5. The Hall–Kier alpha value is -6.98. The molecule has 0 saturated carbocycles. The Balaban J connectivity index is 1.15. The van der Waals surface area contributed by atoms with E-state index in [4.69, 9.17) is 4.42 Å². The number of para-hydroxylation sites is 3. The summed E-state index contributed by atoms with van der Waals surface area (Å²) in [6.07, 6.45) is 6.96. The minimum atomic E-state index is 0.0225. The Morgan fingerprint density at radius 1 is 0.456 bits per heavy atom. The first-order chi connectivity index (χ1) is 37.4. The van der Waals surface area contributed by atoms with Crippen LogP contribution < -0.4 is 26.0 Å². The lowest BCUT2D eigenvalue weighted by Gasteiger charge is -2.45. The molecule has 3 aliphatic carbocycles. The van der Waals surface area contributed by atoms with Crippen LogP contribution in [0.4, 0.5) is 45.5 Å². The molecule has 0 radical (unpaired) electrons. The van der Waals surface area contributed by atoms with Gasteiger partial charge in [-0.05, 0) is 213 Å². The number of hydrogen-bond donors (Lipinski definition) is 1. The standard InChI is InChI=1S/C74H80BN3O/c1-45-21-15-18-24-60(45)78(61-25-19-16-22-46(61)2)49-40-52(50-29-32-65-66(51-23-17-20-26-64(51)79-65)68(50)76-47-27-30-53-55(39-47)71(7,8)35-33-69(53,3)4)67-63(42-49)77(48-28-31-54-56(41-48)72(9,10)36-34-70(54,5)6)62-44-58-57(43-59(62)75-67)73(11,12)37-38-74(58,13)14/h15-32,39-44,75-76H,33-38H2,1-14H3. The van der Waals surface area contributed by atoms with Crippen LogP contribution in [0.5, 0.6) is 0 Å². The molecule has 9 aromatic rings. The first-order valence-electron chi connectivity index (χ1n) is 29.5. The van der Waals surface area contributed by atoms with Crippen molar-refractivity contribution in [2.24, 2.45) is 0 Å². The number of rotatable bonds is 7. The summed E-state index contributed by atoms with van der Waals surface area (Å²) in [6, 6.07) is 56.1. The summed E-state index contributed by atoms with van der Waals surface area (Å²) < 4.78 is 6.82. The lowest BCUT2D eigenvalue weighted by atomic mass is 9.55. The maximum Gasteiger partial charge on any atom is 0.198 e. The van der Waals surface area contributed by atoms with Gasteiger partial charge in [0.1, 0.15) is 11.2 Å². The van der Waals surface area contributed by atoms with Gasteiger partial charge in [-0.2, -0.15) is 0 Å². The molecular weight excluding hydrogens is 958 g/mol. The molecule has 1 aliphatic heterocycles. The van der Waals surface area contributed by atoms with E-state index >= 15 is 0 Å². The summed E-state index contributed by atoms with van der Waals surface area (Å²) in [6.45, 7) is 34.0. The van der Waals surface area contributed by atoms with Gasteiger partial charge >= 0.3 is 0 Å². The summed E-state index contributed by atoms with van der Waals surface area (Å²) in [7, 11) is 0.782. The first kappa shape index (κ1) is 51.5. The molecular formula is C74H80BN3O. The minimum absolute atomic E-state index is 0.0225. The Morgan fingerprint density at radius 2 is 0.975 bits per heavy atom. The van der Waals surface area contributed by atoms with Crippen LogP contribution in [0.25, 0.3) is 33.1 Å². The third kappa shape index (κ3) is 8.29. The lowest BCUT2D eigenvalue weighted by Crippen LogP contribution is -2.44. The number of furan rings is 1. The number of nitrogens with one attached hydrogen (secondary N) is 1. The highest BCUT2D eigenvalue weighted by molar-refractivity contribution is 6.73. The van der Waals surface area contributed by atoms with E-state index in [0.29, 0.717) is 0 Å². The van der Waals surface area contributed by atoms with E-state index in [2.05, 4.69) is 258 Å². The quantitative estimate of drug-likeness (QED) is 0.161. The predicted octanol–water partition coefficient (Wildman–Crippen LogP) is 19.3. The maximum absolute atomic E-state index is 6.82. The molecule has 0 unspecified atom stereocenters. The number of anilines is 8. The molecule has 0 bridgehead atoms. The topological polar surface area (TPSA) is 31.7 Å². The van der Waals surface area contributed by atoms with Gasteiger partial charge in [0.15, 0.2) is 7.28 Å². The number of nitrogens with zero attached hydrogens (tertiary/aromatic N) is 2. The zero-order valence-electron chi connectivity index (χ0n) is 49.6. The van der Waals surface area contributed by atoms with Crippen LogP contribution in [0.15, 0.2) is 150 Å². The maximum atomic E-state index is 6.82. The summed E-state index contributed by atoms with van der Waals surface area (Å²) in [5, 5.41) is 6.44. The van der Waals surface area contributed by atoms with Gasteiger partial charge in [0.25, 0.3) is 0 Å². The molecule has 1 aromatic heterocycles. The molecule has 0 fully saturated rings. The van der Waals surface area contributed by atoms with Gasteiger partial charge in [-0.25, -0.2) is 0 Å². The Labute approximate surface area is 471 Å². The van der Waals surface area contributed by atoms with Crippen molar-refractivity contribution >= 4 is 85.6 Å². The molecule has 79 heavy (non-hydrogen) atoms. The van der Waals surface area contributed by atoms with Gasteiger partial charge in [0.2, 0.25) is 0 Å². The summed E-state index contributed by atoms with van der Waals surface area (Å²) >= 11 is 0. The predicted molar refractivity (Wildman–Crippen MR) is 340 cm³/mol. The van der Waals surface area contributed by atoms with Gasteiger partial charge < -0.3 is 19.5 Å². The summed E-state index contributed by atoms with van der Waals surface area (Å²) in [5.74, 6) is 0. The molecule has 4 aliphatic rings. The van der Waals surface area contributed by atoms with E-state index in [1.54, 1.807) is 0 Å². The smallest absolute Gasteiger partial charge is 0.198 e. The van der Waals surface area contributed by atoms with Gasteiger partial charge in [0.05, 0.1) is 11.1 Å². The SMILES string of the molecule is Cc1ccccc1N(c1cc(-c2ccc3oc4ccccc4c3c2Nc2ccc3c(c2)C(C)(C)CCC3(C)C)c2c(c1)N(c1ccc3c(c1)C(C)(C)CCC3(C)C)c1cc3c(cc1B2)C(C)(C)CCC3(C)C)c1ccccc1C. The van der Waals surface area contributed by atoms with Crippen LogP contribution in [0.3, 0.4) is 0 Å². The molecule has 4 nitrogen and oxygen atoms in total. The highest BCUT2D eigenvalue weighted by Gasteiger charge is 2.43. The van der Waals surface area contributed by atoms with E-state index < -0.39 is 0 Å². The number of benzene rings is 8. The van der Waals surface area contributed by atoms with E-state index in [0.717, 1.165) is 88.9 Å². The number of fused-ring (bicyclic) bond motifs is 8. The molecule has 0 amide bonds. The number of aryl methyl sites for hydroxylation is 2. The van der Waals surface area contributed by atoms with Crippen LogP contribution in [0.2, 0.25) is 0 Å². The van der Waals surface area contributed by atoms with Gasteiger partial charge in [0, 0.05) is 50.8 Å². The molecule has 5 heteroatoms. The van der Waals surface area contributed by atoms with Crippen molar-refractivity contribution in [2.45, 2.75) is 168 Å². The van der Waals surface area contributed by atoms with Crippen molar-refractivity contribution in [2.75, 3.05) is 15.1 Å². The molecule has 0 saturated heterocycles. The van der Waals surface area contributed by atoms with Crippen LogP contribution in [-0.2, 0) is 32.5 Å². The van der Waals surface area contributed by atoms with E-state index in [1.807, 2.05) is 0 Å². The molecule has 0 spiro atoms. The van der Waals surface area contributed by atoms with E-state index in [9.17, 15) is 0 Å². The fourth-order valence-corrected chi connectivity index (χ4v) is 14.7. The molecule has 400 valence electrons. The van der Waals surface area contributed by atoms with Gasteiger partial charge in [-0.15, -0.1) is 0 Å². The van der Waals surface area contributed by atoms with Crippen LogP contribution in [-0.4, -0.2) is 7.28 Å². The second-order valence-electron chi connectivity index (χ2n) is 28.3. The van der Waals surface area contributed by atoms with Crippen molar-refractivity contribution in [3.05, 3.63) is 190 Å². The van der Waals surface area contributed by atoms with Crippen molar-refractivity contribution in [3.63, 3.8) is 0 Å². The molecule has 0 atom stereocenters. The average Bonchev–Trinajstić information content (AvgIpc) is 3.99. The van der Waals surface area contributed by atoms with E-state index in [-0.39, 0.29) is 32.5 Å². The molecule has 13 rings (SSSR count). The van der Waals surface area contributed by atoms with Crippen molar-refractivity contribution < 1.29 is 4.42 Å². The van der Waals surface area contributed by atoms with Crippen LogP contribution >= 0.6 is 0 Å². The Kier molecular flexibility index (Phi) is 11.6. The normalized spacial score (nSPS) is 18.6. The van der Waals surface area contributed by atoms with Crippen molar-refractivity contribution in [3.8, 4) is 11.1 Å². The Bertz CT molecular complexity index is 3930. The third-order valence-electron chi connectivity index (χ3n) is 20.1. The molecule has 2 heterocycles. The van der Waals surface area contributed by atoms with Gasteiger partial charge in [-0.1, -0.05) is 161 Å². The van der Waals surface area contributed by atoms with E-state index in [1.165, 1.54) is 90.9 Å². The molecule has 8 aromatic carbocycles. The fourth-order valence-electron chi connectivity index (χ4n) is 14.7. The minimum Gasteiger partial charge on any atom is -0.456 e. The zero-order valence-corrected chi connectivity index (χ0v) is 49.6. The zero-order chi connectivity index (χ0) is 55.3. The van der Waals surface area contributed by atoms with Crippen molar-refractivity contribution in [1.82, 2.24) is 0 Å². The van der Waals surface area contributed by atoms with Crippen LogP contribution in [0, 0.1) is 13.8 Å². The van der Waals surface area contributed by atoms with Crippen molar-refractivity contribution in [1.29, 1.82) is 0 Å². The largest absolute Gasteiger partial charge is 0.456 e. The third-order valence-corrected chi connectivity index (χ3v) is 20.1. The Morgan fingerprint density at radius 3 is 1.58 bits per heavy atom. The van der Waals surface area contributed by atoms with Gasteiger partial charge in [-0.3, -0.25) is 0 Å². The lowest BCUT2D eigenvalue weighted by molar-refractivity contribution is 0.332. The fraction of sp³-hybridized carbons (Fsp3) is 0.351. The highest BCUT2D eigenvalue weighted by atomic mass is 16.3. The van der Waals surface area contributed by atoms with Crippen LogP contribution in [0.1, 0.15) is 166 Å². The second kappa shape index (κ2) is 17.8. The molecule has 1 N–H and O–H groups in total. The average molecular weight is 1040 g/mol.